The maximum atomic E-state index is 12.9. The Kier molecular flexibility index (Phi) is 4.71. The molecule has 0 N–H and O–H groups in total. The Hall–Kier alpha value is -3.60. The first-order valence-electron chi connectivity index (χ1n) is 10.3. The molecule has 1 aliphatic rings. The Morgan fingerprint density at radius 2 is 1.37 bits per heavy atom. The molecule has 0 spiro atoms. The van der Waals surface area contributed by atoms with Crippen molar-refractivity contribution in [1.29, 1.82) is 0 Å². The van der Waals surface area contributed by atoms with Crippen LogP contribution in [0.1, 0.15) is 5.69 Å². The van der Waals surface area contributed by atoms with Crippen LogP contribution in [0, 0.1) is 6.92 Å². The molecule has 0 saturated carbocycles. The van der Waals surface area contributed by atoms with Crippen molar-refractivity contribution < 1.29 is 0 Å². The van der Waals surface area contributed by atoms with Crippen LogP contribution in [0.5, 0.6) is 0 Å². The van der Waals surface area contributed by atoms with E-state index in [1.807, 2.05) is 37.3 Å². The fraction of sp³-hybridized carbons (Fsp3) is 0.200. The second-order valence-electron chi connectivity index (χ2n) is 7.69. The summed E-state index contributed by atoms with van der Waals surface area (Å²) in [7, 11) is 0. The number of para-hydroxylation sites is 2. The van der Waals surface area contributed by atoms with Gasteiger partial charge >= 0.3 is 0 Å². The first-order chi connectivity index (χ1) is 14.7. The van der Waals surface area contributed by atoms with Crippen LogP contribution in [0.15, 0.2) is 83.8 Å². The quantitative estimate of drug-likeness (QED) is 0.525. The second-order valence-corrected chi connectivity index (χ2v) is 7.69. The Labute approximate surface area is 175 Å². The minimum Gasteiger partial charge on any atom is -0.368 e. The molecule has 0 aliphatic carbocycles. The van der Waals surface area contributed by atoms with Crippen LogP contribution in [0.3, 0.4) is 0 Å². The van der Waals surface area contributed by atoms with Gasteiger partial charge in [0.2, 0.25) is 0 Å². The van der Waals surface area contributed by atoms with Crippen LogP contribution >= 0.6 is 0 Å². The largest absolute Gasteiger partial charge is 0.368 e. The van der Waals surface area contributed by atoms with Crippen LogP contribution in [0.25, 0.3) is 16.6 Å². The Morgan fingerprint density at radius 1 is 0.767 bits per heavy atom. The van der Waals surface area contributed by atoms with Gasteiger partial charge in [-0.3, -0.25) is 14.3 Å². The van der Waals surface area contributed by atoms with Crippen LogP contribution in [0.4, 0.5) is 11.5 Å². The van der Waals surface area contributed by atoms with E-state index >= 15 is 0 Å². The monoisotopic (exact) mass is 396 g/mol. The third kappa shape index (κ3) is 3.32. The normalized spacial score (nSPS) is 14.3. The number of rotatable bonds is 3. The number of benzene rings is 2. The third-order valence-electron chi connectivity index (χ3n) is 5.75. The molecule has 5 nitrogen and oxygen atoms in total. The van der Waals surface area contributed by atoms with Crippen molar-refractivity contribution in [3.8, 4) is 5.69 Å². The highest BCUT2D eigenvalue weighted by molar-refractivity contribution is 5.83. The summed E-state index contributed by atoms with van der Waals surface area (Å²) < 4.78 is 2.20. The molecule has 1 fully saturated rings. The van der Waals surface area contributed by atoms with Gasteiger partial charge in [-0.05, 0) is 37.3 Å². The van der Waals surface area contributed by atoms with Crippen molar-refractivity contribution in [1.82, 2.24) is 9.55 Å². The van der Waals surface area contributed by atoms with E-state index in [4.69, 9.17) is 0 Å². The fourth-order valence-electron chi connectivity index (χ4n) is 4.22. The minimum atomic E-state index is 0.0187. The highest BCUT2D eigenvalue weighted by Gasteiger charge is 2.22. The Morgan fingerprint density at radius 3 is 2.03 bits per heavy atom. The number of piperazine rings is 1. The SMILES string of the molecule is Cc1cc2c(cn1)c(=O)cc(N1CCN(c3ccccc3)CC1)n2-c1ccccc1. The number of hydrogen-bond donors (Lipinski definition) is 0. The van der Waals surface area contributed by atoms with Crippen LogP contribution in [-0.2, 0) is 0 Å². The average molecular weight is 396 g/mol. The molecule has 0 atom stereocenters. The molecule has 0 amide bonds. The summed E-state index contributed by atoms with van der Waals surface area (Å²) >= 11 is 0. The van der Waals surface area contributed by atoms with E-state index in [0.717, 1.165) is 48.9 Å². The Bertz CT molecular complexity index is 1230. The third-order valence-corrected chi connectivity index (χ3v) is 5.75. The molecule has 3 heterocycles. The molecule has 150 valence electrons. The number of anilines is 2. The van der Waals surface area contributed by atoms with E-state index in [1.165, 1.54) is 5.69 Å². The maximum Gasteiger partial charge on any atom is 0.193 e. The lowest BCUT2D eigenvalue weighted by Crippen LogP contribution is -2.47. The number of nitrogens with zero attached hydrogens (tertiary/aromatic N) is 4. The lowest BCUT2D eigenvalue weighted by Gasteiger charge is -2.38. The zero-order chi connectivity index (χ0) is 20.5. The molecule has 5 heteroatoms. The molecule has 1 saturated heterocycles. The van der Waals surface area contributed by atoms with Crippen LogP contribution < -0.4 is 15.2 Å². The number of hydrogen-bond acceptors (Lipinski definition) is 4. The molecule has 5 rings (SSSR count). The molecule has 2 aromatic heterocycles. The zero-order valence-corrected chi connectivity index (χ0v) is 17.0. The van der Waals surface area contributed by atoms with Gasteiger partial charge in [0.25, 0.3) is 0 Å². The minimum absolute atomic E-state index is 0.0187. The molecule has 4 aromatic rings. The van der Waals surface area contributed by atoms with E-state index in [2.05, 4.69) is 55.7 Å². The van der Waals surface area contributed by atoms with Gasteiger partial charge in [-0.15, -0.1) is 0 Å². The highest BCUT2D eigenvalue weighted by atomic mass is 16.1. The van der Waals surface area contributed by atoms with Crippen molar-refractivity contribution >= 4 is 22.4 Å². The van der Waals surface area contributed by atoms with Gasteiger partial charge < -0.3 is 9.80 Å². The molecular weight excluding hydrogens is 372 g/mol. The maximum absolute atomic E-state index is 12.9. The van der Waals surface area contributed by atoms with Crippen LogP contribution in [-0.4, -0.2) is 35.7 Å². The van der Waals surface area contributed by atoms with E-state index in [9.17, 15) is 4.79 Å². The van der Waals surface area contributed by atoms with E-state index in [-0.39, 0.29) is 5.43 Å². The molecule has 1 aliphatic heterocycles. The van der Waals surface area contributed by atoms with Gasteiger partial charge in [0.05, 0.1) is 10.9 Å². The van der Waals surface area contributed by atoms with E-state index < -0.39 is 0 Å². The summed E-state index contributed by atoms with van der Waals surface area (Å²) in [4.78, 5) is 22.0. The Balaban J connectivity index is 1.59. The summed E-state index contributed by atoms with van der Waals surface area (Å²) in [6.45, 7) is 5.51. The first-order valence-corrected chi connectivity index (χ1v) is 10.3. The van der Waals surface area contributed by atoms with Gasteiger partial charge in [-0.25, -0.2) is 0 Å². The topological polar surface area (TPSA) is 41.4 Å². The number of aryl methyl sites for hydroxylation is 1. The van der Waals surface area contributed by atoms with Crippen molar-refractivity contribution in [2.75, 3.05) is 36.0 Å². The first kappa shape index (κ1) is 18.4. The number of aromatic nitrogens is 2. The molecule has 30 heavy (non-hydrogen) atoms. The summed E-state index contributed by atoms with van der Waals surface area (Å²) in [5.74, 6) is 0.942. The van der Waals surface area contributed by atoms with E-state index in [0.29, 0.717) is 5.39 Å². The lowest BCUT2D eigenvalue weighted by atomic mass is 10.2. The van der Waals surface area contributed by atoms with Crippen molar-refractivity contribution in [3.63, 3.8) is 0 Å². The molecule has 2 aromatic carbocycles. The smallest absolute Gasteiger partial charge is 0.193 e. The summed E-state index contributed by atoms with van der Waals surface area (Å²) in [6.07, 6.45) is 1.70. The summed E-state index contributed by atoms with van der Waals surface area (Å²) in [6, 6.07) is 24.5. The molecule has 0 unspecified atom stereocenters. The van der Waals surface area contributed by atoms with Crippen molar-refractivity contribution in [2.24, 2.45) is 0 Å². The van der Waals surface area contributed by atoms with Gasteiger partial charge in [0.15, 0.2) is 5.43 Å². The van der Waals surface area contributed by atoms with E-state index in [1.54, 1.807) is 12.3 Å². The highest BCUT2D eigenvalue weighted by Crippen LogP contribution is 2.27. The van der Waals surface area contributed by atoms with Crippen LogP contribution in [0.2, 0.25) is 0 Å². The van der Waals surface area contributed by atoms with Crippen molar-refractivity contribution in [2.45, 2.75) is 6.92 Å². The van der Waals surface area contributed by atoms with Gasteiger partial charge in [0.1, 0.15) is 5.82 Å². The molecule has 0 radical (unpaired) electrons. The predicted octanol–water partition coefficient (Wildman–Crippen LogP) is 4.02. The predicted molar refractivity (Wildman–Crippen MR) is 123 cm³/mol. The number of pyridine rings is 2. The molecular formula is C25H24N4O. The molecule has 0 bridgehead atoms. The lowest BCUT2D eigenvalue weighted by molar-refractivity contribution is 0.643. The van der Waals surface area contributed by atoms with Gasteiger partial charge in [0, 0.05) is 55.5 Å². The summed E-state index contributed by atoms with van der Waals surface area (Å²) in [5, 5.41) is 0.649. The fourth-order valence-corrected chi connectivity index (χ4v) is 4.22. The van der Waals surface area contributed by atoms with Crippen molar-refractivity contribution in [3.05, 3.63) is 94.9 Å². The summed E-state index contributed by atoms with van der Waals surface area (Å²) in [5.41, 5.74) is 4.12. The standard InChI is InChI=1S/C25H24N4O/c1-19-16-23-22(18-26-19)24(30)17-25(29(23)21-10-6-3-7-11-21)28-14-12-27(13-15-28)20-8-4-2-5-9-20/h2-11,16-18H,12-15H2,1H3. The van der Waals surface area contributed by atoms with Gasteiger partial charge in [-0.2, -0.15) is 0 Å². The second kappa shape index (κ2) is 7.67. The number of fused-ring (bicyclic) bond motifs is 1. The average Bonchev–Trinajstić information content (AvgIpc) is 2.80. The zero-order valence-electron chi connectivity index (χ0n) is 17.0. The van der Waals surface area contributed by atoms with Gasteiger partial charge in [-0.1, -0.05) is 36.4 Å².